The standard InChI is InChI=1S/C14H20N2O3/c1-18-14(17)12-4-5-19-13(12)8-16-10-2-3-11(16)7-9(15)6-10/h4-5,9-11H,2-3,6-8,15H2,1H3. The van der Waals surface area contributed by atoms with E-state index in [4.69, 9.17) is 14.9 Å². The van der Waals surface area contributed by atoms with Crippen LogP contribution in [0.2, 0.25) is 0 Å². The SMILES string of the molecule is COC(=O)c1ccoc1CN1C2CCC1CC(N)C2. The molecule has 2 aliphatic heterocycles. The van der Waals surface area contributed by atoms with Crippen LogP contribution in [0.15, 0.2) is 16.7 Å². The summed E-state index contributed by atoms with van der Waals surface area (Å²) >= 11 is 0. The van der Waals surface area contributed by atoms with Crippen LogP contribution in [0.3, 0.4) is 0 Å². The Morgan fingerprint density at radius 3 is 2.79 bits per heavy atom. The Kier molecular flexibility index (Phi) is 3.33. The molecule has 1 aromatic heterocycles. The van der Waals surface area contributed by atoms with E-state index < -0.39 is 0 Å². The lowest BCUT2D eigenvalue weighted by Gasteiger charge is -2.37. The van der Waals surface area contributed by atoms with Gasteiger partial charge in [-0.05, 0) is 31.7 Å². The molecule has 0 spiro atoms. The molecule has 3 heterocycles. The van der Waals surface area contributed by atoms with E-state index in [0.29, 0.717) is 36.0 Å². The van der Waals surface area contributed by atoms with Gasteiger partial charge in [-0.3, -0.25) is 4.90 Å². The molecular weight excluding hydrogens is 244 g/mol. The number of nitrogens with zero attached hydrogens (tertiary/aromatic N) is 1. The van der Waals surface area contributed by atoms with Gasteiger partial charge in [0.2, 0.25) is 0 Å². The van der Waals surface area contributed by atoms with Crippen LogP contribution < -0.4 is 5.73 Å². The van der Waals surface area contributed by atoms with E-state index in [-0.39, 0.29) is 5.97 Å². The van der Waals surface area contributed by atoms with E-state index in [0.717, 1.165) is 12.8 Å². The third-order valence-corrected chi connectivity index (χ3v) is 4.40. The van der Waals surface area contributed by atoms with E-state index >= 15 is 0 Å². The van der Waals surface area contributed by atoms with Gasteiger partial charge in [0, 0.05) is 18.1 Å². The third kappa shape index (κ3) is 2.28. The van der Waals surface area contributed by atoms with E-state index in [1.165, 1.54) is 20.0 Å². The van der Waals surface area contributed by atoms with Crippen molar-refractivity contribution in [3.8, 4) is 0 Å². The third-order valence-electron chi connectivity index (χ3n) is 4.40. The average molecular weight is 264 g/mol. The molecule has 3 rings (SSSR count). The topological polar surface area (TPSA) is 68.7 Å². The van der Waals surface area contributed by atoms with Gasteiger partial charge in [0.05, 0.1) is 19.9 Å². The van der Waals surface area contributed by atoms with E-state index in [2.05, 4.69) is 4.90 Å². The summed E-state index contributed by atoms with van der Waals surface area (Å²) in [5, 5.41) is 0. The summed E-state index contributed by atoms with van der Waals surface area (Å²) in [4.78, 5) is 14.1. The lowest BCUT2D eigenvalue weighted by molar-refractivity contribution is 0.0591. The number of esters is 1. The number of fused-ring (bicyclic) bond motifs is 2. The predicted molar refractivity (Wildman–Crippen MR) is 69.6 cm³/mol. The van der Waals surface area contributed by atoms with E-state index in [9.17, 15) is 4.79 Å². The van der Waals surface area contributed by atoms with Crippen molar-refractivity contribution in [3.05, 3.63) is 23.7 Å². The minimum absolute atomic E-state index is 0.324. The van der Waals surface area contributed by atoms with Crippen molar-refractivity contribution in [2.24, 2.45) is 5.73 Å². The van der Waals surface area contributed by atoms with Crippen LogP contribution in [0.25, 0.3) is 0 Å². The largest absolute Gasteiger partial charge is 0.467 e. The molecule has 0 radical (unpaired) electrons. The number of furan rings is 1. The van der Waals surface area contributed by atoms with Crippen LogP contribution in [0, 0.1) is 0 Å². The van der Waals surface area contributed by atoms with E-state index in [1.807, 2.05) is 0 Å². The normalized spacial score (nSPS) is 30.5. The minimum Gasteiger partial charge on any atom is -0.467 e. The first-order valence-electron chi connectivity index (χ1n) is 6.85. The first-order chi connectivity index (χ1) is 9.19. The molecule has 2 fully saturated rings. The fourth-order valence-electron chi connectivity index (χ4n) is 3.50. The van der Waals surface area contributed by atoms with Crippen LogP contribution in [-0.4, -0.2) is 36.1 Å². The van der Waals surface area contributed by atoms with Crippen LogP contribution in [0.4, 0.5) is 0 Å². The lowest BCUT2D eigenvalue weighted by Crippen LogP contribution is -2.46. The van der Waals surface area contributed by atoms with Crippen molar-refractivity contribution in [1.82, 2.24) is 4.90 Å². The Morgan fingerprint density at radius 2 is 2.16 bits per heavy atom. The molecule has 2 saturated heterocycles. The van der Waals surface area contributed by atoms with Crippen molar-refractivity contribution in [1.29, 1.82) is 0 Å². The Balaban J connectivity index is 1.76. The van der Waals surface area contributed by atoms with Crippen molar-refractivity contribution in [2.75, 3.05) is 7.11 Å². The summed E-state index contributed by atoms with van der Waals surface area (Å²) in [7, 11) is 1.39. The molecule has 0 saturated carbocycles. The first-order valence-corrected chi connectivity index (χ1v) is 6.85. The molecular formula is C14H20N2O3. The maximum absolute atomic E-state index is 11.6. The molecule has 5 nitrogen and oxygen atoms in total. The highest BCUT2D eigenvalue weighted by molar-refractivity contribution is 5.90. The summed E-state index contributed by atoms with van der Waals surface area (Å²) in [6.07, 6.45) is 6.05. The van der Waals surface area contributed by atoms with Crippen molar-refractivity contribution in [3.63, 3.8) is 0 Å². The van der Waals surface area contributed by atoms with Crippen molar-refractivity contribution >= 4 is 5.97 Å². The quantitative estimate of drug-likeness (QED) is 0.838. The monoisotopic (exact) mass is 264 g/mol. The number of hydrogen-bond donors (Lipinski definition) is 1. The maximum Gasteiger partial charge on any atom is 0.341 e. The molecule has 2 unspecified atom stereocenters. The molecule has 0 aliphatic carbocycles. The zero-order valence-electron chi connectivity index (χ0n) is 11.2. The highest BCUT2D eigenvalue weighted by atomic mass is 16.5. The van der Waals surface area contributed by atoms with E-state index in [1.54, 1.807) is 12.3 Å². The van der Waals surface area contributed by atoms with Gasteiger partial charge in [0.15, 0.2) is 0 Å². The molecule has 5 heteroatoms. The molecule has 0 amide bonds. The van der Waals surface area contributed by atoms with Crippen LogP contribution in [0.1, 0.15) is 41.8 Å². The second-order valence-corrected chi connectivity index (χ2v) is 5.54. The maximum atomic E-state index is 11.6. The number of rotatable bonds is 3. The molecule has 2 bridgehead atoms. The fraction of sp³-hybridized carbons (Fsp3) is 0.643. The number of methoxy groups -OCH3 is 1. The minimum atomic E-state index is -0.329. The average Bonchev–Trinajstić information content (AvgIpc) is 2.94. The smallest absolute Gasteiger partial charge is 0.341 e. The van der Waals surface area contributed by atoms with Crippen molar-refractivity contribution < 1.29 is 13.9 Å². The number of piperidine rings is 1. The molecule has 2 aliphatic rings. The van der Waals surface area contributed by atoms with Gasteiger partial charge < -0.3 is 14.9 Å². The lowest BCUT2D eigenvalue weighted by atomic mass is 9.98. The second kappa shape index (κ2) is 4.98. The summed E-state index contributed by atoms with van der Waals surface area (Å²) in [6, 6.07) is 3.07. The second-order valence-electron chi connectivity index (χ2n) is 5.54. The molecule has 0 aromatic carbocycles. The Bertz CT molecular complexity index is 457. The zero-order chi connectivity index (χ0) is 13.4. The Morgan fingerprint density at radius 1 is 1.47 bits per heavy atom. The first kappa shape index (κ1) is 12.7. The molecule has 2 N–H and O–H groups in total. The summed E-state index contributed by atoms with van der Waals surface area (Å²) in [6.45, 7) is 0.680. The molecule has 104 valence electrons. The van der Waals surface area contributed by atoms with Gasteiger partial charge in [-0.2, -0.15) is 0 Å². The highest BCUT2D eigenvalue weighted by Crippen LogP contribution is 2.36. The van der Waals surface area contributed by atoms with Gasteiger partial charge >= 0.3 is 5.97 Å². The number of carbonyl (C=O) groups is 1. The number of ether oxygens (including phenoxy) is 1. The number of hydrogen-bond acceptors (Lipinski definition) is 5. The van der Waals surface area contributed by atoms with Crippen LogP contribution >= 0.6 is 0 Å². The summed E-state index contributed by atoms with van der Waals surface area (Å²) in [5.41, 5.74) is 6.61. The van der Waals surface area contributed by atoms with Crippen molar-refractivity contribution in [2.45, 2.75) is 50.4 Å². The summed E-state index contributed by atoms with van der Waals surface area (Å²) in [5.74, 6) is 0.379. The predicted octanol–water partition coefficient (Wildman–Crippen LogP) is 1.52. The molecule has 19 heavy (non-hydrogen) atoms. The highest BCUT2D eigenvalue weighted by Gasteiger charge is 2.40. The van der Waals surface area contributed by atoms with Gasteiger partial charge in [0.1, 0.15) is 11.3 Å². The number of carbonyl (C=O) groups excluding carboxylic acids is 1. The van der Waals surface area contributed by atoms with Gasteiger partial charge in [-0.15, -0.1) is 0 Å². The van der Waals surface area contributed by atoms with Crippen LogP contribution in [0.5, 0.6) is 0 Å². The Labute approximate surface area is 112 Å². The zero-order valence-corrected chi connectivity index (χ0v) is 11.2. The van der Waals surface area contributed by atoms with Gasteiger partial charge in [-0.25, -0.2) is 4.79 Å². The van der Waals surface area contributed by atoms with Crippen LogP contribution in [-0.2, 0) is 11.3 Å². The van der Waals surface area contributed by atoms with Gasteiger partial charge in [0.25, 0.3) is 0 Å². The van der Waals surface area contributed by atoms with Gasteiger partial charge in [-0.1, -0.05) is 0 Å². The molecule has 1 aromatic rings. The Hall–Kier alpha value is -1.33. The summed E-state index contributed by atoms with van der Waals surface area (Å²) < 4.78 is 10.2. The fourth-order valence-corrected chi connectivity index (χ4v) is 3.50. The molecule has 2 atom stereocenters. The number of nitrogens with two attached hydrogens (primary N) is 1.